The molecule has 0 saturated heterocycles. The third-order valence-corrected chi connectivity index (χ3v) is 4.32. The molecular weight excluding hydrogens is 230 g/mol. The molecule has 0 spiro atoms. The van der Waals surface area contributed by atoms with Crippen LogP contribution in [0.5, 0.6) is 0 Å². The highest BCUT2D eigenvalue weighted by Gasteiger charge is 2.45. The number of aromatic nitrogens is 3. The van der Waals surface area contributed by atoms with Crippen molar-refractivity contribution >= 4 is 23.4 Å². The third kappa shape index (κ3) is 1.71. The van der Waals surface area contributed by atoms with Gasteiger partial charge in [-0.2, -0.15) is 0 Å². The Morgan fingerprint density at radius 1 is 1.59 bits per heavy atom. The Kier molecular flexibility index (Phi) is 2.20. The normalized spacial score (nSPS) is 21.9. The van der Waals surface area contributed by atoms with Crippen molar-refractivity contribution in [2.24, 2.45) is 11.3 Å². The molecular formula is C13H17N3S. The molecule has 1 N–H and O–H groups in total. The summed E-state index contributed by atoms with van der Waals surface area (Å²) in [6.45, 7) is 7.70. The molecule has 1 unspecified atom stereocenters. The Morgan fingerprint density at radius 3 is 2.94 bits per heavy atom. The number of nitrogens with zero attached hydrogens (tertiary/aromatic N) is 2. The number of hydrogen-bond donors (Lipinski definition) is 1. The second kappa shape index (κ2) is 3.42. The van der Waals surface area contributed by atoms with Gasteiger partial charge in [0.05, 0.1) is 5.52 Å². The van der Waals surface area contributed by atoms with Gasteiger partial charge in [-0.3, -0.25) is 0 Å². The number of imidazole rings is 1. The summed E-state index contributed by atoms with van der Waals surface area (Å²) in [6, 6.07) is 2.01. The minimum atomic E-state index is 0.474. The van der Waals surface area contributed by atoms with Crippen LogP contribution in [0.3, 0.4) is 0 Å². The van der Waals surface area contributed by atoms with Gasteiger partial charge in [0, 0.05) is 12.7 Å². The van der Waals surface area contributed by atoms with Crippen molar-refractivity contribution in [3.05, 3.63) is 22.6 Å². The molecule has 90 valence electrons. The fourth-order valence-corrected chi connectivity index (χ4v) is 2.71. The smallest absolute Gasteiger partial charge is 0.179 e. The van der Waals surface area contributed by atoms with Gasteiger partial charge in [0.2, 0.25) is 0 Å². The van der Waals surface area contributed by atoms with Gasteiger partial charge in [-0.15, -0.1) is 0 Å². The molecule has 0 radical (unpaired) electrons. The number of rotatable bonds is 2. The molecule has 1 atom stereocenters. The maximum absolute atomic E-state index is 5.40. The molecule has 4 heteroatoms. The maximum atomic E-state index is 5.40. The summed E-state index contributed by atoms with van der Waals surface area (Å²) in [5.74, 6) is 0.732. The van der Waals surface area contributed by atoms with Crippen molar-refractivity contribution in [1.29, 1.82) is 0 Å². The maximum Gasteiger partial charge on any atom is 0.179 e. The molecule has 0 aliphatic heterocycles. The van der Waals surface area contributed by atoms with E-state index in [0.717, 1.165) is 28.4 Å². The first kappa shape index (κ1) is 11.0. The lowest BCUT2D eigenvalue weighted by Gasteiger charge is -2.05. The van der Waals surface area contributed by atoms with E-state index in [1.165, 1.54) is 12.0 Å². The van der Waals surface area contributed by atoms with E-state index >= 15 is 0 Å². The number of nitrogens with one attached hydrogen (secondary N) is 1. The zero-order valence-electron chi connectivity index (χ0n) is 10.4. The number of fused-ring (bicyclic) bond motifs is 1. The van der Waals surface area contributed by atoms with Crippen LogP contribution in [0.25, 0.3) is 11.2 Å². The Balaban J connectivity index is 2.07. The fraction of sp³-hybridized carbons (Fsp3) is 0.538. The summed E-state index contributed by atoms with van der Waals surface area (Å²) in [7, 11) is 0. The molecule has 0 amide bonds. The second-order valence-electron chi connectivity index (χ2n) is 5.76. The van der Waals surface area contributed by atoms with Gasteiger partial charge in [0.25, 0.3) is 0 Å². The lowest BCUT2D eigenvalue weighted by molar-refractivity contribution is 0.501. The molecule has 0 aromatic carbocycles. The molecule has 2 aromatic rings. The minimum absolute atomic E-state index is 0.474. The van der Waals surface area contributed by atoms with Crippen LogP contribution in [0.2, 0.25) is 0 Å². The molecule has 0 bridgehead atoms. The Bertz CT molecular complexity index is 636. The summed E-state index contributed by atoms with van der Waals surface area (Å²) in [5.41, 5.74) is 3.76. The molecule has 1 fully saturated rings. The molecule has 2 aromatic heterocycles. The minimum Gasteiger partial charge on any atom is -0.329 e. The molecule has 1 saturated carbocycles. The number of hydrogen-bond acceptors (Lipinski definition) is 2. The fourth-order valence-electron chi connectivity index (χ4n) is 2.45. The van der Waals surface area contributed by atoms with Crippen LogP contribution in [0.4, 0.5) is 0 Å². The van der Waals surface area contributed by atoms with Crippen LogP contribution in [-0.2, 0) is 6.54 Å². The topological polar surface area (TPSA) is 33.6 Å². The van der Waals surface area contributed by atoms with Gasteiger partial charge in [-0.25, -0.2) is 4.98 Å². The first-order chi connectivity index (χ1) is 7.99. The highest BCUT2D eigenvalue weighted by atomic mass is 32.1. The van der Waals surface area contributed by atoms with Crippen molar-refractivity contribution in [3.63, 3.8) is 0 Å². The second-order valence-corrected chi connectivity index (χ2v) is 6.14. The van der Waals surface area contributed by atoms with E-state index in [1.54, 1.807) is 0 Å². The lowest BCUT2D eigenvalue weighted by atomic mass is 10.1. The van der Waals surface area contributed by atoms with Crippen LogP contribution >= 0.6 is 12.2 Å². The zero-order chi connectivity index (χ0) is 12.2. The Morgan fingerprint density at radius 2 is 2.29 bits per heavy atom. The van der Waals surface area contributed by atoms with Gasteiger partial charge in [0.1, 0.15) is 0 Å². The quantitative estimate of drug-likeness (QED) is 0.825. The number of aromatic amines is 1. The summed E-state index contributed by atoms with van der Waals surface area (Å²) in [4.78, 5) is 7.73. The molecule has 17 heavy (non-hydrogen) atoms. The average Bonchev–Trinajstić information content (AvgIpc) is 2.71. The largest absolute Gasteiger partial charge is 0.329 e. The first-order valence-corrected chi connectivity index (χ1v) is 6.44. The van der Waals surface area contributed by atoms with E-state index in [9.17, 15) is 0 Å². The highest BCUT2D eigenvalue weighted by Crippen LogP contribution is 2.52. The van der Waals surface area contributed by atoms with Crippen molar-refractivity contribution in [2.75, 3.05) is 0 Å². The summed E-state index contributed by atoms with van der Waals surface area (Å²) >= 11 is 5.40. The van der Waals surface area contributed by atoms with Crippen LogP contribution < -0.4 is 0 Å². The number of H-pyrrole nitrogens is 1. The first-order valence-electron chi connectivity index (χ1n) is 6.03. The lowest BCUT2D eigenvalue weighted by Crippen LogP contribution is -2.04. The predicted octanol–water partition coefficient (Wildman–Crippen LogP) is 3.45. The van der Waals surface area contributed by atoms with Gasteiger partial charge in [-0.05, 0) is 48.5 Å². The van der Waals surface area contributed by atoms with E-state index in [4.69, 9.17) is 12.2 Å². The molecule has 3 rings (SSSR count). The monoisotopic (exact) mass is 247 g/mol. The van der Waals surface area contributed by atoms with Gasteiger partial charge in [-0.1, -0.05) is 13.8 Å². The van der Waals surface area contributed by atoms with Crippen LogP contribution in [0, 0.1) is 23.0 Å². The van der Waals surface area contributed by atoms with Gasteiger partial charge >= 0.3 is 0 Å². The zero-order valence-corrected chi connectivity index (χ0v) is 11.3. The van der Waals surface area contributed by atoms with Crippen LogP contribution in [-0.4, -0.2) is 14.5 Å². The third-order valence-electron chi connectivity index (χ3n) is 3.99. The van der Waals surface area contributed by atoms with E-state index in [0.29, 0.717) is 5.41 Å². The van der Waals surface area contributed by atoms with E-state index in [1.807, 2.05) is 12.3 Å². The molecule has 3 nitrogen and oxygen atoms in total. The summed E-state index contributed by atoms with van der Waals surface area (Å²) in [5, 5.41) is 0. The average molecular weight is 247 g/mol. The molecule has 1 aliphatic carbocycles. The van der Waals surface area contributed by atoms with Crippen molar-refractivity contribution in [1.82, 2.24) is 14.5 Å². The van der Waals surface area contributed by atoms with Crippen molar-refractivity contribution < 1.29 is 0 Å². The van der Waals surface area contributed by atoms with E-state index < -0.39 is 0 Å². The number of pyridine rings is 1. The van der Waals surface area contributed by atoms with Crippen molar-refractivity contribution in [2.45, 2.75) is 33.7 Å². The standard InChI is InChI=1S/C13H17N3S/c1-8-4-5-14-11-10(8)15-12(17)16(11)7-9-6-13(9,2)3/h4-5,9H,6-7H2,1-3H3,(H,15,17). The van der Waals surface area contributed by atoms with E-state index in [2.05, 4.69) is 35.3 Å². The SMILES string of the molecule is Cc1ccnc2c1[nH]c(=S)n2CC1CC1(C)C. The highest BCUT2D eigenvalue weighted by molar-refractivity contribution is 7.71. The van der Waals surface area contributed by atoms with E-state index in [-0.39, 0.29) is 0 Å². The molecule has 1 aliphatic rings. The van der Waals surface area contributed by atoms with Crippen LogP contribution in [0.1, 0.15) is 25.8 Å². The van der Waals surface area contributed by atoms with Crippen molar-refractivity contribution in [3.8, 4) is 0 Å². The Hall–Kier alpha value is -1.16. The predicted molar refractivity (Wildman–Crippen MR) is 71.5 cm³/mol. The summed E-state index contributed by atoms with van der Waals surface area (Å²) < 4.78 is 2.95. The van der Waals surface area contributed by atoms with Gasteiger partial charge < -0.3 is 9.55 Å². The van der Waals surface area contributed by atoms with Gasteiger partial charge in [0.15, 0.2) is 10.4 Å². The number of aryl methyl sites for hydroxylation is 1. The molecule has 2 heterocycles. The summed E-state index contributed by atoms with van der Waals surface area (Å²) in [6.07, 6.45) is 3.14. The van der Waals surface area contributed by atoms with Crippen LogP contribution in [0.15, 0.2) is 12.3 Å². The Labute approximate surface area is 106 Å².